The van der Waals surface area contributed by atoms with E-state index in [2.05, 4.69) is 40.3 Å². The topological polar surface area (TPSA) is 34.4 Å². The number of fused-ring (bicyclic) bond motifs is 1. The maximum atomic E-state index is 6.10. The van der Waals surface area contributed by atoms with E-state index in [4.69, 9.17) is 9.15 Å². The first-order chi connectivity index (χ1) is 9.79. The number of hydrogen-bond donors (Lipinski definition) is 1. The Labute approximate surface area is 127 Å². The third-order valence-corrected chi connectivity index (χ3v) is 4.24. The van der Waals surface area contributed by atoms with Crippen molar-refractivity contribution in [2.75, 3.05) is 6.54 Å². The van der Waals surface area contributed by atoms with Crippen LogP contribution in [0.5, 0.6) is 5.75 Å². The summed E-state index contributed by atoms with van der Waals surface area (Å²) in [6.07, 6.45) is 3.77. The van der Waals surface area contributed by atoms with Crippen molar-refractivity contribution in [3.05, 3.63) is 52.4 Å². The van der Waals surface area contributed by atoms with Crippen LogP contribution in [0, 0.1) is 0 Å². The Hall–Kier alpha value is -1.26. The van der Waals surface area contributed by atoms with Crippen molar-refractivity contribution in [1.29, 1.82) is 0 Å². The second-order valence-corrected chi connectivity index (χ2v) is 5.89. The van der Waals surface area contributed by atoms with E-state index in [9.17, 15) is 0 Å². The number of furan rings is 1. The minimum atomic E-state index is 0.0618. The van der Waals surface area contributed by atoms with Gasteiger partial charge in [0, 0.05) is 6.42 Å². The summed E-state index contributed by atoms with van der Waals surface area (Å²) in [7, 11) is 0. The molecule has 20 heavy (non-hydrogen) atoms. The van der Waals surface area contributed by atoms with Crippen LogP contribution in [0.2, 0.25) is 0 Å². The Morgan fingerprint density at radius 2 is 2.20 bits per heavy atom. The summed E-state index contributed by atoms with van der Waals surface area (Å²) >= 11 is 3.55. The summed E-state index contributed by atoms with van der Waals surface area (Å²) in [6, 6.07) is 10.2. The number of ether oxygens (including phenoxy) is 1. The highest BCUT2D eigenvalue weighted by atomic mass is 79.9. The van der Waals surface area contributed by atoms with Crippen LogP contribution in [-0.2, 0) is 6.42 Å². The predicted molar refractivity (Wildman–Crippen MR) is 82.0 cm³/mol. The third-order valence-electron chi connectivity index (χ3n) is 3.59. The van der Waals surface area contributed by atoms with Crippen molar-refractivity contribution in [3.8, 4) is 5.75 Å². The minimum Gasteiger partial charge on any atom is -0.488 e. The van der Waals surface area contributed by atoms with Gasteiger partial charge in [-0.1, -0.05) is 25.1 Å². The molecule has 1 aliphatic heterocycles. The van der Waals surface area contributed by atoms with Gasteiger partial charge >= 0.3 is 0 Å². The smallest absolute Gasteiger partial charge is 0.138 e. The second-order valence-electron chi connectivity index (χ2n) is 5.03. The van der Waals surface area contributed by atoms with E-state index in [1.54, 1.807) is 6.26 Å². The summed E-state index contributed by atoms with van der Waals surface area (Å²) in [5.41, 5.74) is 1.27. The highest BCUT2D eigenvalue weighted by molar-refractivity contribution is 9.10. The quantitative estimate of drug-likeness (QED) is 0.893. The van der Waals surface area contributed by atoms with Crippen LogP contribution >= 0.6 is 15.9 Å². The Bertz CT molecular complexity index is 556. The van der Waals surface area contributed by atoms with E-state index in [1.165, 1.54) is 5.56 Å². The molecule has 0 spiro atoms. The van der Waals surface area contributed by atoms with E-state index in [1.807, 2.05) is 18.2 Å². The maximum absolute atomic E-state index is 6.10. The van der Waals surface area contributed by atoms with Gasteiger partial charge in [-0.15, -0.1) is 0 Å². The van der Waals surface area contributed by atoms with Gasteiger partial charge < -0.3 is 14.5 Å². The molecule has 0 bridgehead atoms. The lowest BCUT2D eigenvalue weighted by molar-refractivity contribution is 0.163. The van der Waals surface area contributed by atoms with Gasteiger partial charge in [-0.05, 0) is 46.6 Å². The van der Waals surface area contributed by atoms with Gasteiger partial charge in [0.15, 0.2) is 0 Å². The summed E-state index contributed by atoms with van der Waals surface area (Å²) in [4.78, 5) is 0. The number of rotatable bonds is 5. The van der Waals surface area contributed by atoms with Crippen LogP contribution < -0.4 is 10.1 Å². The van der Waals surface area contributed by atoms with Gasteiger partial charge in [0.1, 0.15) is 23.7 Å². The lowest BCUT2D eigenvalue weighted by Crippen LogP contribution is -2.35. The normalized spacial score (nSPS) is 18.6. The fraction of sp³-hybridized carbons (Fsp3) is 0.375. The number of para-hydroxylation sites is 1. The largest absolute Gasteiger partial charge is 0.488 e. The van der Waals surface area contributed by atoms with Gasteiger partial charge in [-0.3, -0.25) is 0 Å². The highest BCUT2D eigenvalue weighted by Gasteiger charge is 2.33. The Kier molecular flexibility index (Phi) is 4.13. The molecule has 2 unspecified atom stereocenters. The van der Waals surface area contributed by atoms with Gasteiger partial charge in [-0.2, -0.15) is 0 Å². The standard InChI is InChI=1S/C16H18BrNO2/c1-2-8-18-15(16-12(17)7-9-19-16)14-10-11-5-3-4-6-13(11)20-14/h3-7,9,14-15,18H,2,8,10H2,1H3. The Morgan fingerprint density at radius 1 is 1.35 bits per heavy atom. The van der Waals surface area contributed by atoms with Gasteiger partial charge in [0.2, 0.25) is 0 Å². The van der Waals surface area contributed by atoms with E-state index in [-0.39, 0.29) is 12.1 Å². The molecule has 0 radical (unpaired) electrons. The molecule has 0 fully saturated rings. The van der Waals surface area contributed by atoms with Crippen LogP contribution in [0.4, 0.5) is 0 Å². The monoisotopic (exact) mass is 335 g/mol. The van der Waals surface area contributed by atoms with E-state index in [0.717, 1.165) is 35.4 Å². The molecule has 0 amide bonds. The fourth-order valence-corrected chi connectivity index (χ4v) is 3.06. The van der Waals surface area contributed by atoms with E-state index in [0.29, 0.717) is 0 Å². The molecule has 1 aromatic heterocycles. The van der Waals surface area contributed by atoms with Crippen LogP contribution in [0.25, 0.3) is 0 Å². The molecule has 2 atom stereocenters. The zero-order valence-corrected chi connectivity index (χ0v) is 13.0. The van der Waals surface area contributed by atoms with Crippen molar-refractivity contribution in [2.45, 2.75) is 31.9 Å². The number of nitrogens with one attached hydrogen (secondary N) is 1. The van der Waals surface area contributed by atoms with Crippen LogP contribution in [0.1, 0.15) is 30.7 Å². The first-order valence-electron chi connectivity index (χ1n) is 7.00. The van der Waals surface area contributed by atoms with Gasteiger partial charge in [0.05, 0.1) is 10.7 Å². The molecule has 0 saturated heterocycles. The van der Waals surface area contributed by atoms with Crippen molar-refractivity contribution in [1.82, 2.24) is 5.32 Å². The first-order valence-corrected chi connectivity index (χ1v) is 7.79. The predicted octanol–water partition coefficient (Wildman–Crippen LogP) is 4.09. The average Bonchev–Trinajstić information content (AvgIpc) is 3.06. The number of hydrogen-bond acceptors (Lipinski definition) is 3. The van der Waals surface area contributed by atoms with Gasteiger partial charge in [-0.25, -0.2) is 0 Å². The van der Waals surface area contributed by atoms with Gasteiger partial charge in [0.25, 0.3) is 0 Å². The molecule has 1 N–H and O–H groups in total. The number of halogens is 1. The number of benzene rings is 1. The molecule has 0 saturated carbocycles. The summed E-state index contributed by atoms with van der Waals surface area (Å²) in [6.45, 7) is 3.10. The van der Waals surface area contributed by atoms with Crippen LogP contribution in [-0.4, -0.2) is 12.6 Å². The Morgan fingerprint density at radius 3 is 2.90 bits per heavy atom. The Balaban J connectivity index is 1.83. The van der Waals surface area contributed by atoms with Crippen LogP contribution in [0.3, 0.4) is 0 Å². The molecule has 3 rings (SSSR count). The SMILES string of the molecule is CCCNC(c1occc1Br)C1Cc2ccccc2O1. The van der Waals surface area contributed by atoms with Crippen molar-refractivity contribution in [3.63, 3.8) is 0 Å². The molecule has 106 valence electrons. The van der Waals surface area contributed by atoms with E-state index < -0.39 is 0 Å². The molecule has 1 aromatic carbocycles. The molecule has 3 nitrogen and oxygen atoms in total. The zero-order chi connectivity index (χ0) is 13.9. The minimum absolute atomic E-state index is 0.0618. The lowest BCUT2D eigenvalue weighted by Gasteiger charge is -2.23. The molecule has 1 aliphatic rings. The van der Waals surface area contributed by atoms with Crippen LogP contribution in [0.15, 0.2) is 45.5 Å². The summed E-state index contributed by atoms with van der Waals surface area (Å²) < 4.78 is 12.7. The summed E-state index contributed by atoms with van der Waals surface area (Å²) in [5, 5.41) is 3.54. The zero-order valence-electron chi connectivity index (χ0n) is 11.4. The third kappa shape index (κ3) is 2.63. The maximum Gasteiger partial charge on any atom is 0.138 e. The van der Waals surface area contributed by atoms with Crippen molar-refractivity contribution >= 4 is 15.9 Å². The fourth-order valence-electron chi connectivity index (χ4n) is 2.61. The van der Waals surface area contributed by atoms with Crippen molar-refractivity contribution in [2.24, 2.45) is 0 Å². The van der Waals surface area contributed by atoms with E-state index >= 15 is 0 Å². The second kappa shape index (κ2) is 6.02. The summed E-state index contributed by atoms with van der Waals surface area (Å²) in [5.74, 6) is 1.90. The molecule has 0 aliphatic carbocycles. The molecule has 2 heterocycles. The average molecular weight is 336 g/mol. The molecular weight excluding hydrogens is 318 g/mol. The molecular formula is C16H18BrNO2. The first kappa shape index (κ1) is 13.7. The highest BCUT2D eigenvalue weighted by Crippen LogP contribution is 2.36. The lowest BCUT2D eigenvalue weighted by atomic mass is 10.0. The molecule has 2 aromatic rings. The van der Waals surface area contributed by atoms with Crippen molar-refractivity contribution < 1.29 is 9.15 Å². The molecule has 4 heteroatoms.